The summed E-state index contributed by atoms with van der Waals surface area (Å²) >= 11 is 0. The zero-order valence-electron chi connectivity index (χ0n) is 6.13. The highest BCUT2D eigenvalue weighted by Crippen LogP contribution is 2.09. The standard InChI is InChI=1S/C6H9N3O2/c1-2-6(10)11-5-3-4(7)8-9-5/h3H,2H2,1H3,(H3,7,8,9). The molecule has 1 aromatic rings. The van der Waals surface area contributed by atoms with Gasteiger partial charge in [-0.1, -0.05) is 6.92 Å². The molecule has 0 atom stereocenters. The van der Waals surface area contributed by atoms with E-state index in [9.17, 15) is 4.79 Å². The lowest BCUT2D eigenvalue weighted by Gasteiger charge is -1.94. The number of aromatic amines is 1. The monoisotopic (exact) mass is 155 g/mol. The molecular formula is C6H9N3O2. The second-order valence-electron chi connectivity index (χ2n) is 1.99. The van der Waals surface area contributed by atoms with Crippen LogP contribution in [0.15, 0.2) is 6.07 Å². The number of anilines is 1. The summed E-state index contributed by atoms with van der Waals surface area (Å²) in [6, 6.07) is 1.45. The molecule has 0 radical (unpaired) electrons. The molecule has 0 aliphatic rings. The fourth-order valence-electron chi connectivity index (χ4n) is 0.558. The number of nitrogens with two attached hydrogens (primary N) is 1. The average Bonchev–Trinajstić information content (AvgIpc) is 2.35. The summed E-state index contributed by atoms with van der Waals surface area (Å²) in [5, 5.41) is 6.06. The summed E-state index contributed by atoms with van der Waals surface area (Å²) in [6.45, 7) is 1.71. The fraction of sp³-hybridized carbons (Fsp3) is 0.333. The van der Waals surface area contributed by atoms with Crippen LogP contribution in [0.3, 0.4) is 0 Å². The molecule has 1 aromatic heterocycles. The van der Waals surface area contributed by atoms with E-state index in [4.69, 9.17) is 10.5 Å². The molecule has 0 spiro atoms. The summed E-state index contributed by atoms with van der Waals surface area (Å²) in [5.41, 5.74) is 5.29. The maximum absolute atomic E-state index is 10.7. The molecular weight excluding hydrogens is 146 g/mol. The highest BCUT2D eigenvalue weighted by molar-refractivity contribution is 5.71. The van der Waals surface area contributed by atoms with Crippen LogP contribution in [-0.2, 0) is 4.79 Å². The van der Waals surface area contributed by atoms with Gasteiger partial charge in [0.05, 0.1) is 0 Å². The van der Waals surface area contributed by atoms with Crippen LogP contribution < -0.4 is 10.5 Å². The molecule has 11 heavy (non-hydrogen) atoms. The van der Waals surface area contributed by atoms with Gasteiger partial charge in [-0.05, 0) is 0 Å². The molecule has 5 heteroatoms. The predicted molar refractivity (Wildman–Crippen MR) is 38.9 cm³/mol. The van der Waals surface area contributed by atoms with Gasteiger partial charge in [-0.25, -0.2) is 0 Å². The van der Waals surface area contributed by atoms with Crippen molar-refractivity contribution in [2.45, 2.75) is 13.3 Å². The number of ether oxygens (including phenoxy) is 1. The van der Waals surface area contributed by atoms with Gasteiger partial charge in [0.25, 0.3) is 0 Å². The summed E-state index contributed by atoms with van der Waals surface area (Å²) in [4.78, 5) is 10.7. The lowest BCUT2D eigenvalue weighted by Crippen LogP contribution is -2.05. The number of H-pyrrole nitrogens is 1. The van der Waals surface area contributed by atoms with E-state index in [0.29, 0.717) is 12.2 Å². The van der Waals surface area contributed by atoms with Gasteiger partial charge in [-0.3, -0.25) is 9.89 Å². The van der Waals surface area contributed by atoms with Gasteiger partial charge in [0.15, 0.2) is 0 Å². The number of nitrogens with one attached hydrogen (secondary N) is 1. The van der Waals surface area contributed by atoms with Gasteiger partial charge in [-0.15, -0.1) is 5.10 Å². The Hall–Kier alpha value is -1.52. The van der Waals surface area contributed by atoms with Gasteiger partial charge in [0.1, 0.15) is 5.82 Å². The first kappa shape index (κ1) is 7.59. The molecule has 1 rings (SSSR count). The van der Waals surface area contributed by atoms with E-state index < -0.39 is 0 Å². The largest absolute Gasteiger partial charge is 0.406 e. The van der Waals surface area contributed by atoms with E-state index >= 15 is 0 Å². The Labute approximate surface area is 63.5 Å². The minimum absolute atomic E-state index is 0.217. The van der Waals surface area contributed by atoms with Crippen molar-refractivity contribution in [3.63, 3.8) is 0 Å². The molecule has 0 saturated heterocycles. The number of hydrogen-bond donors (Lipinski definition) is 2. The number of esters is 1. The molecule has 0 amide bonds. The Kier molecular flexibility index (Phi) is 2.10. The normalized spacial score (nSPS) is 9.55. The van der Waals surface area contributed by atoms with Gasteiger partial charge in [0.2, 0.25) is 5.88 Å². The molecule has 0 saturated carbocycles. The summed E-state index contributed by atoms with van der Waals surface area (Å²) in [6.07, 6.45) is 0.326. The van der Waals surface area contributed by atoms with Crippen molar-refractivity contribution in [2.24, 2.45) is 0 Å². The van der Waals surface area contributed by atoms with E-state index in [2.05, 4.69) is 10.2 Å². The van der Waals surface area contributed by atoms with Crippen molar-refractivity contribution in [3.05, 3.63) is 6.07 Å². The SMILES string of the molecule is CCC(=O)Oc1cc(N)[nH]n1. The van der Waals surface area contributed by atoms with Crippen LogP contribution in [0.4, 0.5) is 5.82 Å². The van der Waals surface area contributed by atoms with Crippen LogP contribution in [0.25, 0.3) is 0 Å². The minimum atomic E-state index is -0.323. The average molecular weight is 155 g/mol. The first-order valence-electron chi connectivity index (χ1n) is 3.24. The zero-order chi connectivity index (χ0) is 8.27. The third-order valence-electron chi connectivity index (χ3n) is 1.08. The van der Waals surface area contributed by atoms with Crippen LogP contribution in [0.5, 0.6) is 5.88 Å². The smallest absolute Gasteiger partial charge is 0.312 e. The molecule has 0 aliphatic heterocycles. The fourth-order valence-corrected chi connectivity index (χ4v) is 0.558. The Morgan fingerprint density at radius 1 is 1.91 bits per heavy atom. The summed E-state index contributed by atoms with van der Waals surface area (Å²) in [5.74, 6) is 0.273. The number of aromatic nitrogens is 2. The Balaban J connectivity index is 2.57. The topological polar surface area (TPSA) is 81.0 Å². The van der Waals surface area contributed by atoms with Crippen molar-refractivity contribution in [2.75, 3.05) is 5.73 Å². The van der Waals surface area contributed by atoms with E-state index in [1.165, 1.54) is 6.07 Å². The van der Waals surface area contributed by atoms with Crippen LogP contribution in [0, 0.1) is 0 Å². The van der Waals surface area contributed by atoms with E-state index in [0.717, 1.165) is 0 Å². The summed E-state index contributed by atoms with van der Waals surface area (Å²) in [7, 11) is 0. The lowest BCUT2D eigenvalue weighted by atomic mass is 10.5. The molecule has 3 N–H and O–H groups in total. The van der Waals surface area contributed by atoms with Crippen LogP contribution >= 0.6 is 0 Å². The minimum Gasteiger partial charge on any atom is -0.406 e. The molecule has 5 nitrogen and oxygen atoms in total. The highest BCUT2D eigenvalue weighted by Gasteiger charge is 2.03. The van der Waals surface area contributed by atoms with Gasteiger partial charge < -0.3 is 10.5 Å². The first-order chi connectivity index (χ1) is 5.22. The molecule has 0 fully saturated rings. The number of nitrogen functional groups attached to an aromatic ring is 1. The van der Waals surface area contributed by atoms with Crippen molar-refractivity contribution in [1.82, 2.24) is 10.2 Å². The lowest BCUT2D eigenvalue weighted by molar-refractivity contribution is -0.134. The second kappa shape index (κ2) is 3.05. The highest BCUT2D eigenvalue weighted by atomic mass is 16.5. The number of carbonyl (C=O) groups is 1. The molecule has 1 heterocycles. The number of carbonyl (C=O) groups excluding carboxylic acids is 1. The van der Waals surface area contributed by atoms with Gasteiger partial charge in [0, 0.05) is 12.5 Å². The molecule has 0 aliphatic carbocycles. The third-order valence-corrected chi connectivity index (χ3v) is 1.08. The maximum Gasteiger partial charge on any atom is 0.312 e. The maximum atomic E-state index is 10.7. The first-order valence-corrected chi connectivity index (χ1v) is 3.24. The number of hydrogen-bond acceptors (Lipinski definition) is 4. The van der Waals surface area contributed by atoms with Crippen molar-refractivity contribution >= 4 is 11.8 Å². The van der Waals surface area contributed by atoms with E-state index in [-0.39, 0.29) is 11.8 Å². The quantitative estimate of drug-likeness (QED) is 0.602. The second-order valence-corrected chi connectivity index (χ2v) is 1.99. The van der Waals surface area contributed by atoms with Gasteiger partial charge in [-0.2, -0.15) is 0 Å². The number of rotatable bonds is 2. The molecule has 0 bridgehead atoms. The van der Waals surface area contributed by atoms with Crippen LogP contribution in [-0.4, -0.2) is 16.2 Å². The molecule has 0 aromatic carbocycles. The van der Waals surface area contributed by atoms with Gasteiger partial charge >= 0.3 is 5.97 Å². The predicted octanol–water partition coefficient (Wildman–Crippen LogP) is 0.307. The Bertz CT molecular complexity index is 256. The summed E-state index contributed by atoms with van der Waals surface area (Å²) < 4.78 is 4.72. The van der Waals surface area contributed by atoms with Crippen LogP contribution in [0.2, 0.25) is 0 Å². The van der Waals surface area contributed by atoms with Crippen molar-refractivity contribution in [1.29, 1.82) is 0 Å². The van der Waals surface area contributed by atoms with Crippen LogP contribution in [0.1, 0.15) is 13.3 Å². The van der Waals surface area contributed by atoms with E-state index in [1.807, 2.05) is 0 Å². The van der Waals surface area contributed by atoms with Crippen molar-refractivity contribution < 1.29 is 9.53 Å². The van der Waals surface area contributed by atoms with Crippen molar-refractivity contribution in [3.8, 4) is 5.88 Å². The molecule has 60 valence electrons. The Morgan fingerprint density at radius 3 is 3.09 bits per heavy atom. The van der Waals surface area contributed by atoms with E-state index in [1.54, 1.807) is 6.92 Å². The third kappa shape index (κ3) is 1.96. The zero-order valence-corrected chi connectivity index (χ0v) is 6.13. The number of nitrogens with zero attached hydrogens (tertiary/aromatic N) is 1. The Morgan fingerprint density at radius 2 is 2.64 bits per heavy atom. The molecule has 0 unspecified atom stereocenters.